The fraction of sp³-hybridized carbons (Fsp3) is 0.481. The first-order valence-electron chi connectivity index (χ1n) is 12.2. The molecule has 1 saturated carbocycles. The number of aliphatic hydroxyl groups excluding tert-OH is 1. The lowest BCUT2D eigenvalue weighted by Crippen LogP contribution is -2.42. The van der Waals surface area contributed by atoms with Crippen LogP contribution >= 0.6 is 0 Å². The van der Waals surface area contributed by atoms with E-state index in [1.165, 1.54) is 0 Å². The predicted molar refractivity (Wildman–Crippen MR) is 130 cm³/mol. The summed E-state index contributed by atoms with van der Waals surface area (Å²) in [6.07, 6.45) is 6.80. The predicted octanol–water partition coefficient (Wildman–Crippen LogP) is 3.55. The summed E-state index contributed by atoms with van der Waals surface area (Å²) in [7, 11) is 0. The molecule has 3 heterocycles. The molecule has 2 unspecified atom stereocenters. The molecule has 7 nitrogen and oxygen atoms in total. The Balaban J connectivity index is 1.42. The smallest absolute Gasteiger partial charge is 0.261 e. The summed E-state index contributed by atoms with van der Waals surface area (Å²) in [5.41, 5.74) is 4.29. The van der Waals surface area contributed by atoms with Crippen LogP contribution < -0.4 is 5.56 Å². The maximum atomic E-state index is 13.4. The van der Waals surface area contributed by atoms with Crippen molar-refractivity contribution in [3.8, 4) is 6.07 Å². The van der Waals surface area contributed by atoms with Crippen molar-refractivity contribution < 1.29 is 5.11 Å². The van der Waals surface area contributed by atoms with Crippen LogP contribution in [0.15, 0.2) is 41.6 Å². The van der Waals surface area contributed by atoms with Crippen molar-refractivity contribution in [2.24, 2.45) is 0 Å². The average Bonchev–Trinajstić information content (AvgIpc) is 3.29. The minimum atomic E-state index is -0.536. The highest BCUT2D eigenvalue weighted by Crippen LogP contribution is 2.35. The molecule has 0 spiro atoms. The fourth-order valence-corrected chi connectivity index (χ4v) is 5.66. The Bertz CT molecular complexity index is 1300. The standard InChI is InChI=1S/C27H31N5O2/c1-18-19(2)25-21(26(34)32(17-30-25)22-6-5-7-23(22)33)14-20(18)15-31-12-9-27(16-28,10-13-31)24-8-3-4-11-29-24/h3-4,8,11,14,17,22-23,33H,5-7,9-10,12-13,15H2,1-2H3. The maximum Gasteiger partial charge on any atom is 0.261 e. The molecular formula is C27H31N5O2. The van der Waals surface area contributed by atoms with E-state index >= 15 is 0 Å². The zero-order valence-electron chi connectivity index (χ0n) is 19.9. The Morgan fingerprint density at radius 3 is 2.62 bits per heavy atom. The molecular weight excluding hydrogens is 426 g/mol. The van der Waals surface area contributed by atoms with E-state index in [4.69, 9.17) is 0 Å². The van der Waals surface area contributed by atoms with Crippen molar-refractivity contribution in [3.05, 3.63) is 69.5 Å². The normalized spacial score (nSPS) is 22.6. The molecule has 2 aliphatic rings. The fourth-order valence-electron chi connectivity index (χ4n) is 5.66. The largest absolute Gasteiger partial charge is 0.391 e. The van der Waals surface area contributed by atoms with Crippen LogP contribution in [0.5, 0.6) is 0 Å². The molecule has 1 N–H and O–H groups in total. The Morgan fingerprint density at radius 1 is 1.18 bits per heavy atom. The lowest BCUT2D eigenvalue weighted by molar-refractivity contribution is 0.134. The van der Waals surface area contributed by atoms with Gasteiger partial charge in [0.15, 0.2) is 0 Å². The zero-order chi connectivity index (χ0) is 23.9. The molecule has 1 aromatic carbocycles. The zero-order valence-corrected chi connectivity index (χ0v) is 19.9. The molecule has 0 bridgehead atoms. The molecule has 0 radical (unpaired) electrons. The van der Waals surface area contributed by atoms with Gasteiger partial charge in [-0.15, -0.1) is 0 Å². The Labute approximate surface area is 199 Å². The van der Waals surface area contributed by atoms with E-state index in [2.05, 4.69) is 27.9 Å². The molecule has 176 valence electrons. The van der Waals surface area contributed by atoms with Gasteiger partial charge in [-0.2, -0.15) is 5.26 Å². The second kappa shape index (κ2) is 8.94. The van der Waals surface area contributed by atoms with Gasteiger partial charge in [-0.1, -0.05) is 6.07 Å². The lowest BCUT2D eigenvalue weighted by Gasteiger charge is -2.37. The van der Waals surface area contributed by atoms with Gasteiger partial charge in [0.05, 0.1) is 41.1 Å². The van der Waals surface area contributed by atoms with Crippen LogP contribution in [0.2, 0.25) is 0 Å². The maximum absolute atomic E-state index is 13.4. The van der Waals surface area contributed by atoms with Crippen molar-refractivity contribution in [2.75, 3.05) is 13.1 Å². The first kappa shape index (κ1) is 22.7. The van der Waals surface area contributed by atoms with Crippen LogP contribution in [-0.2, 0) is 12.0 Å². The monoisotopic (exact) mass is 457 g/mol. The van der Waals surface area contributed by atoms with E-state index in [0.29, 0.717) is 5.39 Å². The molecule has 2 aromatic heterocycles. The number of nitrogens with zero attached hydrogens (tertiary/aromatic N) is 5. The van der Waals surface area contributed by atoms with Gasteiger partial charge in [0.25, 0.3) is 5.56 Å². The van der Waals surface area contributed by atoms with Crippen molar-refractivity contribution in [3.63, 3.8) is 0 Å². The minimum absolute atomic E-state index is 0.0717. The second-order valence-electron chi connectivity index (χ2n) is 9.89. The van der Waals surface area contributed by atoms with E-state index in [1.54, 1.807) is 17.1 Å². The van der Waals surface area contributed by atoms with Crippen LogP contribution in [0.3, 0.4) is 0 Å². The topological polar surface area (TPSA) is 95.0 Å². The SMILES string of the molecule is Cc1c(CN2CCC(C#N)(c3ccccn3)CC2)cc2c(=O)n(C3CCCC3O)cnc2c1C. The number of fused-ring (bicyclic) bond motifs is 1. The van der Waals surface area contributed by atoms with E-state index in [9.17, 15) is 15.2 Å². The highest BCUT2D eigenvalue weighted by Gasteiger charge is 2.37. The summed E-state index contributed by atoms with van der Waals surface area (Å²) in [6.45, 7) is 6.45. The van der Waals surface area contributed by atoms with Crippen LogP contribution in [0.4, 0.5) is 0 Å². The number of aromatic nitrogens is 3. The Hall–Kier alpha value is -3.08. The number of pyridine rings is 1. The molecule has 7 heteroatoms. The van der Waals surface area contributed by atoms with Crippen LogP contribution in [0.1, 0.15) is 60.5 Å². The van der Waals surface area contributed by atoms with E-state index in [-0.39, 0.29) is 11.6 Å². The summed E-state index contributed by atoms with van der Waals surface area (Å²) >= 11 is 0. The molecule has 0 amide bonds. The highest BCUT2D eigenvalue weighted by molar-refractivity contribution is 5.83. The molecule has 1 aliphatic carbocycles. The summed E-state index contributed by atoms with van der Waals surface area (Å²) in [5.74, 6) is 0. The molecule has 5 rings (SSSR count). The summed E-state index contributed by atoms with van der Waals surface area (Å²) in [5, 5.41) is 20.9. The molecule has 2 atom stereocenters. The molecule has 2 fully saturated rings. The first-order chi connectivity index (χ1) is 16.4. The Morgan fingerprint density at radius 2 is 1.97 bits per heavy atom. The van der Waals surface area contributed by atoms with Crippen LogP contribution in [-0.4, -0.2) is 43.7 Å². The van der Waals surface area contributed by atoms with Gasteiger partial charge in [-0.25, -0.2) is 4.98 Å². The quantitative estimate of drug-likeness (QED) is 0.644. The summed E-state index contributed by atoms with van der Waals surface area (Å²) in [6, 6.07) is 10.1. The summed E-state index contributed by atoms with van der Waals surface area (Å²) < 4.78 is 1.63. The number of rotatable bonds is 4. The van der Waals surface area contributed by atoms with Crippen molar-refractivity contribution >= 4 is 10.9 Å². The molecule has 1 saturated heterocycles. The van der Waals surface area contributed by atoms with Crippen molar-refractivity contribution in [1.82, 2.24) is 19.4 Å². The molecule has 3 aromatic rings. The first-order valence-corrected chi connectivity index (χ1v) is 12.2. The highest BCUT2D eigenvalue weighted by atomic mass is 16.3. The van der Waals surface area contributed by atoms with E-state index in [0.717, 1.165) is 79.6 Å². The number of likely N-dealkylation sites (tertiary alicyclic amines) is 1. The minimum Gasteiger partial charge on any atom is -0.391 e. The second-order valence-corrected chi connectivity index (χ2v) is 9.89. The molecule has 1 aliphatic heterocycles. The third kappa shape index (κ3) is 3.81. The van der Waals surface area contributed by atoms with Gasteiger partial charge in [0.1, 0.15) is 5.41 Å². The number of hydrogen-bond donors (Lipinski definition) is 1. The number of benzene rings is 1. The van der Waals surface area contributed by atoms with Gasteiger partial charge in [-0.3, -0.25) is 19.2 Å². The lowest BCUT2D eigenvalue weighted by atomic mass is 9.76. The number of piperidine rings is 1. The number of aryl methyl sites for hydroxylation is 1. The average molecular weight is 458 g/mol. The summed E-state index contributed by atoms with van der Waals surface area (Å²) in [4.78, 5) is 24.9. The van der Waals surface area contributed by atoms with E-state index in [1.807, 2.05) is 31.2 Å². The van der Waals surface area contributed by atoms with Crippen LogP contribution in [0, 0.1) is 25.2 Å². The van der Waals surface area contributed by atoms with Gasteiger partial charge in [-0.05, 0) is 80.8 Å². The van der Waals surface area contributed by atoms with Gasteiger partial charge in [0.2, 0.25) is 0 Å². The third-order valence-electron chi connectivity index (χ3n) is 8.02. The van der Waals surface area contributed by atoms with Crippen molar-refractivity contribution in [1.29, 1.82) is 5.26 Å². The number of aliphatic hydroxyl groups is 1. The Kier molecular flexibility index (Phi) is 5.97. The van der Waals surface area contributed by atoms with Gasteiger partial charge in [0, 0.05) is 25.8 Å². The third-order valence-corrected chi connectivity index (χ3v) is 8.02. The number of hydrogen-bond acceptors (Lipinski definition) is 6. The van der Waals surface area contributed by atoms with Crippen LogP contribution in [0.25, 0.3) is 10.9 Å². The van der Waals surface area contributed by atoms with Gasteiger partial charge < -0.3 is 5.11 Å². The number of nitriles is 1. The van der Waals surface area contributed by atoms with Crippen molar-refractivity contribution in [2.45, 2.75) is 70.1 Å². The molecule has 34 heavy (non-hydrogen) atoms. The van der Waals surface area contributed by atoms with E-state index < -0.39 is 11.5 Å². The van der Waals surface area contributed by atoms with Gasteiger partial charge >= 0.3 is 0 Å².